The van der Waals surface area contributed by atoms with Crippen LogP contribution in [0, 0.1) is 17.2 Å². The van der Waals surface area contributed by atoms with Gasteiger partial charge in [-0.15, -0.1) is 0 Å². The zero-order chi connectivity index (χ0) is 14.9. The lowest BCUT2D eigenvalue weighted by atomic mass is 9.80. The number of nitrogens with zero attached hydrogens (tertiary/aromatic N) is 1. The van der Waals surface area contributed by atoms with Crippen molar-refractivity contribution in [2.24, 2.45) is 17.1 Å². The number of anilines is 1. The minimum Gasteiger partial charge on any atom is -0.369 e. The molecule has 0 radical (unpaired) electrons. The topological polar surface area (TPSA) is 29.3 Å². The summed E-state index contributed by atoms with van der Waals surface area (Å²) in [6.07, 6.45) is 1.87. The van der Waals surface area contributed by atoms with E-state index in [1.165, 1.54) is 0 Å². The van der Waals surface area contributed by atoms with Crippen LogP contribution in [-0.4, -0.2) is 19.1 Å². The quantitative estimate of drug-likeness (QED) is 0.915. The predicted octanol–water partition coefficient (Wildman–Crippen LogP) is 3.59. The maximum Gasteiger partial charge on any atom is 0.146 e. The normalized spacial score (nSPS) is 21.3. The fourth-order valence-corrected chi connectivity index (χ4v) is 2.99. The Morgan fingerprint density at radius 3 is 2.60 bits per heavy atom. The lowest BCUT2D eigenvalue weighted by molar-refractivity contribution is 0.263. The molecule has 1 aliphatic heterocycles. The van der Waals surface area contributed by atoms with E-state index in [9.17, 15) is 4.39 Å². The molecular formula is C17H27FN2. The molecule has 0 bridgehead atoms. The number of nitrogens with two attached hydrogens (primary N) is 1. The Labute approximate surface area is 122 Å². The van der Waals surface area contributed by atoms with Gasteiger partial charge in [-0.1, -0.05) is 26.8 Å². The Hall–Kier alpha value is -1.09. The van der Waals surface area contributed by atoms with E-state index >= 15 is 0 Å². The lowest BCUT2D eigenvalue weighted by Crippen LogP contribution is -2.26. The van der Waals surface area contributed by atoms with Gasteiger partial charge in [-0.3, -0.25) is 0 Å². The summed E-state index contributed by atoms with van der Waals surface area (Å²) in [6, 6.07) is 5.63. The van der Waals surface area contributed by atoms with E-state index in [2.05, 4.69) is 25.7 Å². The molecule has 0 amide bonds. The van der Waals surface area contributed by atoms with Gasteiger partial charge >= 0.3 is 0 Å². The highest BCUT2D eigenvalue weighted by molar-refractivity contribution is 5.50. The monoisotopic (exact) mass is 278 g/mol. The first-order valence-electron chi connectivity index (χ1n) is 7.56. The second-order valence-electron chi connectivity index (χ2n) is 7.26. The molecule has 112 valence electrons. The summed E-state index contributed by atoms with van der Waals surface area (Å²) >= 11 is 0. The zero-order valence-electron chi connectivity index (χ0n) is 13.1. The highest BCUT2D eigenvalue weighted by Gasteiger charge is 2.32. The van der Waals surface area contributed by atoms with Gasteiger partial charge in [0.1, 0.15) is 5.82 Å². The molecular weight excluding hydrogens is 251 g/mol. The zero-order valence-corrected chi connectivity index (χ0v) is 13.1. The van der Waals surface area contributed by atoms with Crippen molar-refractivity contribution in [1.82, 2.24) is 0 Å². The molecule has 1 aliphatic rings. The molecule has 0 aromatic heterocycles. The minimum atomic E-state index is -0.113. The Bertz CT molecular complexity index is 463. The minimum absolute atomic E-state index is 0.0670. The SMILES string of the molecule is CC(N)Cc1ccc(N2CCC(C(C)(C)C)C2)c(F)c1. The van der Waals surface area contributed by atoms with E-state index in [1.807, 2.05) is 19.1 Å². The Morgan fingerprint density at radius 1 is 1.40 bits per heavy atom. The first kappa shape index (κ1) is 15.3. The fraction of sp³-hybridized carbons (Fsp3) is 0.647. The first-order valence-corrected chi connectivity index (χ1v) is 7.56. The third-order valence-corrected chi connectivity index (χ3v) is 4.32. The number of rotatable bonds is 3. The summed E-state index contributed by atoms with van der Waals surface area (Å²) in [5, 5.41) is 0. The molecule has 0 saturated carbocycles. The summed E-state index contributed by atoms with van der Waals surface area (Å²) in [5.74, 6) is 0.517. The Morgan fingerprint density at radius 2 is 2.10 bits per heavy atom. The highest BCUT2D eigenvalue weighted by Crippen LogP contribution is 2.36. The van der Waals surface area contributed by atoms with Crippen LogP contribution in [0.15, 0.2) is 18.2 Å². The Kier molecular flexibility index (Phi) is 4.38. The number of halogens is 1. The Balaban J connectivity index is 2.11. The van der Waals surface area contributed by atoms with Crippen molar-refractivity contribution in [3.63, 3.8) is 0 Å². The van der Waals surface area contributed by atoms with E-state index in [4.69, 9.17) is 5.73 Å². The van der Waals surface area contributed by atoms with Gasteiger partial charge in [0.05, 0.1) is 5.69 Å². The molecule has 1 aromatic rings. The molecule has 1 heterocycles. The van der Waals surface area contributed by atoms with Gasteiger partial charge in [0, 0.05) is 19.1 Å². The number of hydrogen-bond donors (Lipinski definition) is 1. The summed E-state index contributed by atoms with van der Waals surface area (Å²) in [6.45, 7) is 10.6. The maximum absolute atomic E-state index is 14.3. The van der Waals surface area contributed by atoms with Crippen LogP contribution in [0.1, 0.15) is 39.7 Å². The molecule has 2 atom stereocenters. The highest BCUT2D eigenvalue weighted by atomic mass is 19.1. The number of hydrogen-bond acceptors (Lipinski definition) is 2. The van der Waals surface area contributed by atoms with Crippen molar-refractivity contribution in [3.8, 4) is 0 Å². The van der Waals surface area contributed by atoms with E-state index in [1.54, 1.807) is 6.07 Å². The largest absolute Gasteiger partial charge is 0.369 e. The molecule has 1 saturated heterocycles. The van der Waals surface area contributed by atoms with Crippen molar-refractivity contribution in [3.05, 3.63) is 29.6 Å². The van der Waals surface area contributed by atoms with E-state index < -0.39 is 0 Å². The molecule has 20 heavy (non-hydrogen) atoms. The van der Waals surface area contributed by atoms with Crippen LogP contribution in [0.5, 0.6) is 0 Å². The molecule has 2 rings (SSSR count). The molecule has 1 aromatic carbocycles. The van der Waals surface area contributed by atoms with Crippen molar-refractivity contribution in [1.29, 1.82) is 0 Å². The van der Waals surface area contributed by atoms with Crippen molar-refractivity contribution >= 4 is 5.69 Å². The average Bonchev–Trinajstić information content (AvgIpc) is 2.77. The van der Waals surface area contributed by atoms with Crippen molar-refractivity contribution in [2.45, 2.75) is 46.6 Å². The van der Waals surface area contributed by atoms with Crippen LogP contribution in [0.25, 0.3) is 0 Å². The molecule has 2 nitrogen and oxygen atoms in total. The van der Waals surface area contributed by atoms with Crippen molar-refractivity contribution < 1.29 is 4.39 Å². The average molecular weight is 278 g/mol. The van der Waals surface area contributed by atoms with Gasteiger partial charge in [-0.05, 0) is 48.8 Å². The molecule has 1 fully saturated rings. The van der Waals surface area contributed by atoms with E-state index in [0.717, 1.165) is 37.2 Å². The second-order valence-corrected chi connectivity index (χ2v) is 7.26. The van der Waals surface area contributed by atoms with E-state index in [-0.39, 0.29) is 11.9 Å². The van der Waals surface area contributed by atoms with Gasteiger partial charge in [-0.2, -0.15) is 0 Å². The molecule has 2 N–H and O–H groups in total. The van der Waals surface area contributed by atoms with Crippen LogP contribution in [-0.2, 0) is 6.42 Å². The van der Waals surface area contributed by atoms with Crippen LogP contribution >= 0.6 is 0 Å². The van der Waals surface area contributed by atoms with Crippen LogP contribution in [0.4, 0.5) is 10.1 Å². The molecule has 0 aliphatic carbocycles. The van der Waals surface area contributed by atoms with Crippen LogP contribution in [0.3, 0.4) is 0 Å². The van der Waals surface area contributed by atoms with Gasteiger partial charge in [-0.25, -0.2) is 4.39 Å². The third-order valence-electron chi connectivity index (χ3n) is 4.32. The summed E-state index contributed by atoms with van der Waals surface area (Å²) in [5.41, 5.74) is 7.78. The lowest BCUT2D eigenvalue weighted by Gasteiger charge is -2.27. The third kappa shape index (κ3) is 3.51. The summed E-state index contributed by atoms with van der Waals surface area (Å²) in [7, 11) is 0. The standard InChI is InChI=1S/C17H27FN2/c1-12(19)9-13-5-6-16(15(18)10-13)20-8-7-14(11-20)17(2,3)4/h5-6,10,12,14H,7-9,11,19H2,1-4H3. The second kappa shape index (κ2) is 5.72. The molecule has 2 unspecified atom stereocenters. The van der Waals surface area contributed by atoms with Gasteiger partial charge in [0.15, 0.2) is 0 Å². The van der Waals surface area contributed by atoms with Gasteiger partial charge in [0.25, 0.3) is 0 Å². The fourth-order valence-electron chi connectivity index (χ4n) is 2.99. The summed E-state index contributed by atoms with van der Waals surface area (Å²) < 4.78 is 14.3. The molecule has 0 spiro atoms. The van der Waals surface area contributed by atoms with Crippen LogP contribution < -0.4 is 10.6 Å². The maximum atomic E-state index is 14.3. The van der Waals surface area contributed by atoms with E-state index in [0.29, 0.717) is 11.3 Å². The van der Waals surface area contributed by atoms with Crippen molar-refractivity contribution in [2.75, 3.05) is 18.0 Å². The summed E-state index contributed by atoms with van der Waals surface area (Å²) in [4.78, 5) is 2.18. The first-order chi connectivity index (χ1) is 9.27. The smallest absolute Gasteiger partial charge is 0.146 e. The molecule has 3 heteroatoms. The van der Waals surface area contributed by atoms with Gasteiger partial charge < -0.3 is 10.6 Å². The van der Waals surface area contributed by atoms with Gasteiger partial charge in [0.2, 0.25) is 0 Å². The van der Waals surface area contributed by atoms with Crippen LogP contribution in [0.2, 0.25) is 0 Å². The number of benzene rings is 1. The predicted molar refractivity (Wildman–Crippen MR) is 83.5 cm³/mol.